The van der Waals surface area contributed by atoms with E-state index in [2.05, 4.69) is 12.2 Å². The van der Waals surface area contributed by atoms with Gasteiger partial charge in [0.1, 0.15) is 5.75 Å². The molecule has 3 nitrogen and oxygen atoms in total. The van der Waals surface area contributed by atoms with E-state index in [0.717, 1.165) is 34.1 Å². The molecular weight excluding hydrogens is 250 g/mol. The number of benzene rings is 1. The highest BCUT2D eigenvalue weighted by Gasteiger charge is 2.26. The largest absolute Gasteiger partial charge is 0.496 e. The molecule has 0 spiro atoms. The summed E-state index contributed by atoms with van der Waals surface area (Å²) < 4.78 is 11.1. The summed E-state index contributed by atoms with van der Waals surface area (Å²) in [4.78, 5) is 0. The summed E-state index contributed by atoms with van der Waals surface area (Å²) in [5.74, 6) is 0.879. The molecule has 1 aliphatic heterocycles. The molecule has 2 rings (SSSR count). The second kappa shape index (κ2) is 5.47. The minimum atomic E-state index is 0.141. The van der Waals surface area contributed by atoms with Crippen LogP contribution in [-0.4, -0.2) is 26.4 Å². The molecule has 0 aromatic heterocycles. The second-order valence-corrected chi connectivity index (χ2v) is 5.28. The Morgan fingerprint density at radius 1 is 1.39 bits per heavy atom. The lowest BCUT2D eigenvalue weighted by Gasteiger charge is -2.31. The van der Waals surface area contributed by atoms with Crippen LogP contribution in [0.25, 0.3) is 0 Å². The van der Waals surface area contributed by atoms with E-state index in [9.17, 15) is 0 Å². The summed E-state index contributed by atoms with van der Waals surface area (Å²) in [6.07, 6.45) is 0. The van der Waals surface area contributed by atoms with Crippen LogP contribution in [0.1, 0.15) is 29.7 Å². The van der Waals surface area contributed by atoms with Crippen molar-refractivity contribution in [3.63, 3.8) is 0 Å². The average molecular weight is 270 g/mol. The van der Waals surface area contributed by atoms with Crippen molar-refractivity contribution >= 4 is 11.6 Å². The van der Waals surface area contributed by atoms with Gasteiger partial charge in [-0.05, 0) is 38.0 Å². The Kier molecular flexibility index (Phi) is 4.15. The van der Waals surface area contributed by atoms with Gasteiger partial charge in [0.2, 0.25) is 0 Å². The first-order valence-electron chi connectivity index (χ1n) is 6.22. The van der Waals surface area contributed by atoms with Crippen molar-refractivity contribution in [3.8, 4) is 5.75 Å². The van der Waals surface area contributed by atoms with Crippen molar-refractivity contribution in [2.24, 2.45) is 0 Å². The third kappa shape index (κ3) is 2.48. The number of rotatable bonds is 2. The lowest BCUT2D eigenvalue weighted by Crippen LogP contribution is -2.42. The summed E-state index contributed by atoms with van der Waals surface area (Å²) >= 11 is 6.34. The molecule has 2 unspecified atom stereocenters. The lowest BCUT2D eigenvalue weighted by molar-refractivity contribution is 0.0495. The first kappa shape index (κ1) is 13.7. The fraction of sp³-hybridized carbons (Fsp3) is 0.571. The van der Waals surface area contributed by atoms with Gasteiger partial charge in [-0.2, -0.15) is 0 Å². The van der Waals surface area contributed by atoms with Gasteiger partial charge in [-0.3, -0.25) is 0 Å². The third-order valence-corrected chi connectivity index (χ3v) is 3.98. The van der Waals surface area contributed by atoms with Crippen LogP contribution in [0.15, 0.2) is 6.07 Å². The zero-order valence-corrected chi connectivity index (χ0v) is 12.1. The van der Waals surface area contributed by atoms with E-state index in [4.69, 9.17) is 21.1 Å². The van der Waals surface area contributed by atoms with Crippen molar-refractivity contribution in [3.05, 3.63) is 27.8 Å². The Hall–Kier alpha value is -0.770. The molecule has 1 saturated heterocycles. The molecule has 4 heteroatoms. The second-order valence-electron chi connectivity index (χ2n) is 4.91. The van der Waals surface area contributed by atoms with Crippen molar-refractivity contribution in [1.82, 2.24) is 5.32 Å². The number of hydrogen-bond acceptors (Lipinski definition) is 3. The highest BCUT2D eigenvalue weighted by molar-refractivity contribution is 6.32. The monoisotopic (exact) mass is 269 g/mol. The summed E-state index contributed by atoms with van der Waals surface area (Å²) in [5.41, 5.74) is 3.22. The zero-order valence-electron chi connectivity index (χ0n) is 11.3. The molecule has 1 N–H and O–H groups in total. The molecule has 0 bridgehead atoms. The number of ether oxygens (including phenoxy) is 2. The van der Waals surface area contributed by atoms with Crippen LogP contribution in [0.5, 0.6) is 5.75 Å². The molecule has 1 aliphatic rings. The van der Waals surface area contributed by atoms with Crippen molar-refractivity contribution in [2.45, 2.75) is 32.9 Å². The molecule has 1 heterocycles. The normalized spacial score (nSPS) is 24.1. The van der Waals surface area contributed by atoms with E-state index < -0.39 is 0 Å². The maximum atomic E-state index is 6.34. The maximum absolute atomic E-state index is 6.34. The number of hydrogen-bond donors (Lipinski definition) is 1. The molecular formula is C14H20ClNO2. The maximum Gasteiger partial charge on any atom is 0.124 e. The van der Waals surface area contributed by atoms with E-state index in [-0.39, 0.29) is 6.04 Å². The Morgan fingerprint density at radius 2 is 2.11 bits per heavy atom. The molecule has 1 fully saturated rings. The highest BCUT2D eigenvalue weighted by Crippen LogP contribution is 2.36. The van der Waals surface area contributed by atoms with Crippen LogP contribution >= 0.6 is 11.6 Å². The SMILES string of the molecule is COc1cc(C)c(Cl)c(C)c1C1COCC(C)N1. The Bertz CT molecular complexity index is 448. The van der Waals surface area contributed by atoms with Crippen LogP contribution < -0.4 is 10.1 Å². The van der Waals surface area contributed by atoms with Gasteiger partial charge in [0, 0.05) is 16.6 Å². The fourth-order valence-electron chi connectivity index (χ4n) is 2.51. The third-order valence-electron chi connectivity index (χ3n) is 3.40. The molecule has 100 valence electrons. The van der Waals surface area contributed by atoms with Gasteiger partial charge in [-0.25, -0.2) is 0 Å². The van der Waals surface area contributed by atoms with Crippen LogP contribution in [-0.2, 0) is 4.74 Å². The van der Waals surface area contributed by atoms with Gasteiger partial charge >= 0.3 is 0 Å². The quantitative estimate of drug-likeness (QED) is 0.895. The summed E-state index contributed by atoms with van der Waals surface area (Å²) in [6.45, 7) is 7.55. The van der Waals surface area contributed by atoms with Crippen molar-refractivity contribution < 1.29 is 9.47 Å². The first-order valence-corrected chi connectivity index (χ1v) is 6.59. The predicted octanol–water partition coefficient (Wildman–Crippen LogP) is 3.01. The molecule has 1 aromatic carbocycles. The first-order chi connectivity index (χ1) is 8.54. The van der Waals surface area contributed by atoms with Gasteiger partial charge < -0.3 is 14.8 Å². The number of methoxy groups -OCH3 is 1. The molecule has 0 saturated carbocycles. The molecule has 0 amide bonds. The van der Waals surface area contributed by atoms with E-state index in [0.29, 0.717) is 12.6 Å². The Balaban J connectivity index is 2.45. The van der Waals surface area contributed by atoms with Gasteiger partial charge in [0.25, 0.3) is 0 Å². The fourth-order valence-corrected chi connectivity index (χ4v) is 2.66. The molecule has 1 aromatic rings. The van der Waals surface area contributed by atoms with Gasteiger partial charge in [0.05, 0.1) is 26.4 Å². The number of aryl methyl sites for hydroxylation is 1. The van der Waals surface area contributed by atoms with Crippen molar-refractivity contribution in [2.75, 3.05) is 20.3 Å². The molecule has 0 aliphatic carbocycles. The summed E-state index contributed by atoms with van der Waals surface area (Å²) in [5, 5.41) is 4.34. The zero-order chi connectivity index (χ0) is 13.3. The van der Waals surface area contributed by atoms with E-state index >= 15 is 0 Å². The van der Waals surface area contributed by atoms with E-state index in [1.807, 2.05) is 19.9 Å². The number of nitrogens with one attached hydrogen (secondary N) is 1. The summed E-state index contributed by atoms with van der Waals surface area (Å²) in [6, 6.07) is 2.47. The highest BCUT2D eigenvalue weighted by atomic mass is 35.5. The van der Waals surface area contributed by atoms with Gasteiger partial charge in [-0.1, -0.05) is 11.6 Å². The predicted molar refractivity (Wildman–Crippen MR) is 73.6 cm³/mol. The summed E-state index contributed by atoms with van der Waals surface area (Å²) in [7, 11) is 1.69. The van der Waals surface area contributed by atoms with Gasteiger partial charge in [0.15, 0.2) is 0 Å². The number of halogens is 1. The van der Waals surface area contributed by atoms with Crippen LogP contribution in [0.4, 0.5) is 0 Å². The smallest absolute Gasteiger partial charge is 0.124 e. The minimum absolute atomic E-state index is 0.141. The topological polar surface area (TPSA) is 30.5 Å². The molecule has 0 radical (unpaired) electrons. The number of morpholine rings is 1. The Morgan fingerprint density at radius 3 is 2.72 bits per heavy atom. The average Bonchev–Trinajstić information content (AvgIpc) is 2.35. The minimum Gasteiger partial charge on any atom is -0.496 e. The Labute approximate surface area is 113 Å². The van der Waals surface area contributed by atoms with E-state index in [1.54, 1.807) is 7.11 Å². The van der Waals surface area contributed by atoms with E-state index in [1.165, 1.54) is 0 Å². The standard InChI is InChI=1S/C14H20ClNO2/c1-8-5-12(17-4)13(10(3)14(8)15)11-7-18-6-9(2)16-11/h5,9,11,16H,6-7H2,1-4H3. The van der Waals surface area contributed by atoms with Crippen LogP contribution in [0.2, 0.25) is 5.02 Å². The van der Waals surface area contributed by atoms with Gasteiger partial charge in [-0.15, -0.1) is 0 Å². The molecule has 18 heavy (non-hydrogen) atoms. The van der Waals surface area contributed by atoms with Crippen LogP contribution in [0, 0.1) is 13.8 Å². The van der Waals surface area contributed by atoms with Crippen molar-refractivity contribution in [1.29, 1.82) is 0 Å². The lowest BCUT2D eigenvalue weighted by atomic mass is 9.96. The molecule has 2 atom stereocenters. The van der Waals surface area contributed by atoms with Crippen LogP contribution in [0.3, 0.4) is 0 Å².